The Morgan fingerprint density at radius 3 is 2.45 bits per heavy atom. The first-order valence-electron chi connectivity index (χ1n) is 8.83. The lowest BCUT2D eigenvalue weighted by Gasteiger charge is -2.18. The molecule has 0 bridgehead atoms. The van der Waals surface area contributed by atoms with Gasteiger partial charge in [-0.05, 0) is 43.3 Å². The van der Waals surface area contributed by atoms with Gasteiger partial charge in [-0.25, -0.2) is 14.8 Å². The zero-order valence-corrected chi connectivity index (χ0v) is 15.9. The van der Waals surface area contributed by atoms with Crippen LogP contribution in [0.4, 0.5) is 28.7 Å². The zero-order chi connectivity index (χ0) is 20.8. The molecule has 0 radical (unpaired) electrons. The lowest BCUT2D eigenvalue weighted by atomic mass is 10.2. The van der Waals surface area contributed by atoms with Crippen LogP contribution < -0.4 is 10.2 Å². The summed E-state index contributed by atoms with van der Waals surface area (Å²) in [5.74, 6) is -0.229. The number of aromatic nitrogens is 2. The third kappa shape index (κ3) is 4.46. The van der Waals surface area contributed by atoms with Crippen molar-refractivity contribution >= 4 is 34.7 Å². The lowest BCUT2D eigenvalue weighted by Crippen LogP contribution is -2.15. The number of benzene rings is 2. The average molecular weight is 393 g/mol. The largest absolute Gasteiger partial charge is 0.462 e. The number of para-hydroxylation sites is 1. The van der Waals surface area contributed by atoms with Crippen molar-refractivity contribution in [3.8, 4) is 0 Å². The highest BCUT2D eigenvalue weighted by Gasteiger charge is 2.26. The molecule has 1 heterocycles. The summed E-state index contributed by atoms with van der Waals surface area (Å²) in [6, 6.07) is 15.6. The fourth-order valence-electron chi connectivity index (χ4n) is 2.69. The topological polar surface area (TPSA) is 110 Å². The molecule has 2 aromatic carbocycles. The summed E-state index contributed by atoms with van der Waals surface area (Å²) in [4.78, 5) is 32.8. The summed E-state index contributed by atoms with van der Waals surface area (Å²) in [7, 11) is 1.70. The molecule has 0 amide bonds. The van der Waals surface area contributed by atoms with Crippen molar-refractivity contribution in [2.75, 3.05) is 23.9 Å². The van der Waals surface area contributed by atoms with Gasteiger partial charge in [-0.3, -0.25) is 10.1 Å². The number of esters is 1. The van der Waals surface area contributed by atoms with Gasteiger partial charge in [0.2, 0.25) is 11.6 Å². The molecule has 3 rings (SSSR count). The van der Waals surface area contributed by atoms with Crippen molar-refractivity contribution in [2.24, 2.45) is 0 Å². The summed E-state index contributed by atoms with van der Waals surface area (Å²) in [5.41, 5.74) is 1.42. The minimum Gasteiger partial charge on any atom is -0.462 e. The van der Waals surface area contributed by atoms with E-state index in [0.717, 1.165) is 5.69 Å². The number of anilines is 4. The Kier molecular flexibility index (Phi) is 5.98. The highest BCUT2D eigenvalue weighted by atomic mass is 16.6. The second-order valence-electron chi connectivity index (χ2n) is 5.97. The highest BCUT2D eigenvalue weighted by Crippen LogP contribution is 2.35. The first-order chi connectivity index (χ1) is 14.0. The van der Waals surface area contributed by atoms with Gasteiger partial charge in [-0.15, -0.1) is 0 Å². The van der Waals surface area contributed by atoms with Crippen LogP contribution in [-0.2, 0) is 4.74 Å². The standard InChI is InChI=1S/C20H19N5O4/c1-3-29-20(26)14-9-11-15(12-10-14)23-18-17(25(27)28)19(22-13-21-18)24(2)16-7-5-4-6-8-16/h4-13H,3H2,1-2H3,(H,21,22,23). The van der Waals surface area contributed by atoms with E-state index >= 15 is 0 Å². The number of carbonyl (C=O) groups excluding carboxylic acids is 1. The van der Waals surface area contributed by atoms with Gasteiger partial charge in [0.25, 0.3) is 0 Å². The number of nitrogens with zero attached hydrogens (tertiary/aromatic N) is 4. The minimum atomic E-state index is -0.524. The average Bonchev–Trinajstić information content (AvgIpc) is 2.74. The number of rotatable bonds is 7. The van der Waals surface area contributed by atoms with Crippen molar-refractivity contribution < 1.29 is 14.5 Å². The van der Waals surface area contributed by atoms with E-state index in [-0.39, 0.29) is 23.9 Å². The molecule has 148 valence electrons. The van der Waals surface area contributed by atoms with Crippen LogP contribution in [0.1, 0.15) is 17.3 Å². The quantitative estimate of drug-likeness (QED) is 0.363. The number of nitro groups is 1. The number of carbonyl (C=O) groups is 1. The molecule has 3 aromatic rings. The SMILES string of the molecule is CCOC(=O)c1ccc(Nc2ncnc(N(C)c3ccccc3)c2[N+](=O)[O-])cc1. The second kappa shape index (κ2) is 8.79. The molecule has 9 heteroatoms. The highest BCUT2D eigenvalue weighted by molar-refractivity contribution is 5.90. The Morgan fingerprint density at radius 2 is 1.83 bits per heavy atom. The van der Waals surface area contributed by atoms with Crippen molar-refractivity contribution in [3.05, 3.63) is 76.6 Å². The second-order valence-corrected chi connectivity index (χ2v) is 5.97. The van der Waals surface area contributed by atoms with Gasteiger partial charge in [-0.2, -0.15) is 0 Å². The van der Waals surface area contributed by atoms with Crippen LogP contribution in [0.15, 0.2) is 60.9 Å². The van der Waals surface area contributed by atoms with Crippen LogP contribution in [0.25, 0.3) is 0 Å². The van der Waals surface area contributed by atoms with Gasteiger partial charge in [0.15, 0.2) is 0 Å². The van der Waals surface area contributed by atoms with Crippen LogP contribution in [0.2, 0.25) is 0 Å². The molecule has 29 heavy (non-hydrogen) atoms. The van der Waals surface area contributed by atoms with Crippen LogP contribution in [-0.4, -0.2) is 34.5 Å². The minimum absolute atomic E-state index is 0.0478. The predicted octanol–water partition coefficient (Wildman–Crippen LogP) is 4.07. The normalized spacial score (nSPS) is 10.3. The number of hydrogen-bond donors (Lipinski definition) is 1. The summed E-state index contributed by atoms with van der Waals surface area (Å²) in [6.07, 6.45) is 1.26. The summed E-state index contributed by atoms with van der Waals surface area (Å²) in [6.45, 7) is 2.01. The fourth-order valence-corrected chi connectivity index (χ4v) is 2.69. The molecule has 9 nitrogen and oxygen atoms in total. The van der Waals surface area contributed by atoms with E-state index in [1.807, 2.05) is 30.3 Å². The molecule has 0 fully saturated rings. The maximum Gasteiger partial charge on any atom is 0.354 e. The Balaban J connectivity index is 1.92. The molecule has 1 N–H and O–H groups in total. The fraction of sp³-hybridized carbons (Fsp3) is 0.150. The van der Waals surface area contributed by atoms with Gasteiger partial charge < -0.3 is 15.0 Å². The molecule has 0 aliphatic carbocycles. The van der Waals surface area contributed by atoms with Crippen molar-refractivity contribution in [1.29, 1.82) is 0 Å². The van der Waals surface area contributed by atoms with Crippen LogP contribution in [0, 0.1) is 10.1 Å². The molecule has 0 unspecified atom stereocenters. The van der Waals surface area contributed by atoms with E-state index in [9.17, 15) is 14.9 Å². The lowest BCUT2D eigenvalue weighted by molar-refractivity contribution is -0.383. The summed E-state index contributed by atoms with van der Waals surface area (Å²) in [5, 5.41) is 14.7. The van der Waals surface area contributed by atoms with Crippen LogP contribution >= 0.6 is 0 Å². The van der Waals surface area contributed by atoms with Crippen molar-refractivity contribution in [1.82, 2.24) is 9.97 Å². The third-order valence-corrected chi connectivity index (χ3v) is 4.11. The van der Waals surface area contributed by atoms with E-state index in [1.54, 1.807) is 43.1 Å². The molecule has 0 atom stereocenters. The van der Waals surface area contributed by atoms with E-state index in [0.29, 0.717) is 11.3 Å². The number of ether oxygens (including phenoxy) is 1. The monoisotopic (exact) mass is 393 g/mol. The van der Waals surface area contributed by atoms with Crippen molar-refractivity contribution in [2.45, 2.75) is 6.92 Å². The van der Waals surface area contributed by atoms with E-state index in [1.165, 1.54) is 6.33 Å². The Bertz CT molecular complexity index is 1010. The molecule has 0 aliphatic heterocycles. The van der Waals surface area contributed by atoms with Gasteiger partial charge >= 0.3 is 11.7 Å². The van der Waals surface area contributed by atoms with Gasteiger partial charge in [0.05, 0.1) is 17.1 Å². The smallest absolute Gasteiger partial charge is 0.354 e. The van der Waals surface area contributed by atoms with Crippen LogP contribution in [0.3, 0.4) is 0 Å². The molecule has 1 aromatic heterocycles. The first kappa shape index (κ1) is 19.7. The third-order valence-electron chi connectivity index (χ3n) is 4.11. The summed E-state index contributed by atoms with van der Waals surface area (Å²) < 4.78 is 4.95. The maximum absolute atomic E-state index is 11.8. The molecular formula is C20H19N5O4. The number of nitrogens with one attached hydrogen (secondary N) is 1. The van der Waals surface area contributed by atoms with Gasteiger partial charge in [0.1, 0.15) is 6.33 Å². The Labute approximate surface area is 167 Å². The maximum atomic E-state index is 11.8. The van der Waals surface area contributed by atoms with Gasteiger partial charge in [-0.1, -0.05) is 18.2 Å². The molecule has 0 spiro atoms. The predicted molar refractivity (Wildman–Crippen MR) is 109 cm³/mol. The van der Waals surface area contributed by atoms with Gasteiger partial charge in [0, 0.05) is 18.4 Å². The Hall–Kier alpha value is -4.01. The number of hydrogen-bond acceptors (Lipinski definition) is 8. The van der Waals surface area contributed by atoms with Crippen LogP contribution in [0.5, 0.6) is 0 Å². The van der Waals surface area contributed by atoms with Crippen molar-refractivity contribution in [3.63, 3.8) is 0 Å². The first-order valence-corrected chi connectivity index (χ1v) is 8.83. The summed E-state index contributed by atoms with van der Waals surface area (Å²) >= 11 is 0. The van der Waals surface area contributed by atoms with E-state index in [4.69, 9.17) is 4.74 Å². The van der Waals surface area contributed by atoms with E-state index < -0.39 is 10.9 Å². The molecular weight excluding hydrogens is 374 g/mol. The zero-order valence-electron chi connectivity index (χ0n) is 15.9. The molecule has 0 saturated heterocycles. The molecule has 0 aliphatic rings. The van der Waals surface area contributed by atoms with E-state index in [2.05, 4.69) is 15.3 Å². The Morgan fingerprint density at radius 1 is 1.14 bits per heavy atom. The molecule has 0 saturated carbocycles.